The van der Waals surface area contributed by atoms with Crippen LogP contribution in [0, 0.1) is 11.6 Å². The van der Waals surface area contributed by atoms with E-state index >= 15 is 0 Å². The van der Waals surface area contributed by atoms with Gasteiger partial charge in [0.2, 0.25) is 11.8 Å². The van der Waals surface area contributed by atoms with Gasteiger partial charge in [0.25, 0.3) is 5.91 Å². The van der Waals surface area contributed by atoms with E-state index in [1.54, 1.807) is 4.90 Å². The summed E-state index contributed by atoms with van der Waals surface area (Å²) in [7, 11) is 0. The summed E-state index contributed by atoms with van der Waals surface area (Å²) in [4.78, 5) is 42.0. The van der Waals surface area contributed by atoms with Gasteiger partial charge >= 0.3 is 0 Å². The average molecular weight is 441 g/mol. The van der Waals surface area contributed by atoms with Crippen molar-refractivity contribution in [1.82, 2.24) is 15.1 Å². The van der Waals surface area contributed by atoms with Crippen molar-refractivity contribution < 1.29 is 23.2 Å². The fraction of sp³-hybridized carbons (Fsp3) is 0.375. The molecule has 0 aromatic heterocycles. The minimum atomic E-state index is -1.10. The summed E-state index contributed by atoms with van der Waals surface area (Å²) in [5.74, 6) is -3.12. The maximum atomic E-state index is 13.6. The van der Waals surface area contributed by atoms with Crippen molar-refractivity contribution in [3.05, 3.63) is 71.3 Å². The molecular weight excluding hydrogens is 416 g/mol. The molecule has 0 spiro atoms. The van der Waals surface area contributed by atoms with E-state index in [9.17, 15) is 23.2 Å². The quantitative estimate of drug-likeness (QED) is 0.776. The summed E-state index contributed by atoms with van der Waals surface area (Å²) in [5, 5.41) is 2.90. The number of nitrogens with zero attached hydrogens (tertiary/aromatic N) is 2. The lowest BCUT2D eigenvalue weighted by atomic mass is 10.1. The molecule has 0 saturated carbocycles. The van der Waals surface area contributed by atoms with Gasteiger partial charge < -0.3 is 15.1 Å². The van der Waals surface area contributed by atoms with Crippen LogP contribution in [0.4, 0.5) is 8.78 Å². The van der Waals surface area contributed by atoms with Gasteiger partial charge in [0.05, 0.1) is 0 Å². The van der Waals surface area contributed by atoms with Crippen molar-refractivity contribution >= 4 is 17.7 Å². The number of benzene rings is 2. The van der Waals surface area contributed by atoms with E-state index < -0.39 is 29.6 Å². The van der Waals surface area contributed by atoms with Crippen LogP contribution < -0.4 is 5.32 Å². The van der Waals surface area contributed by atoms with Gasteiger partial charge in [-0.15, -0.1) is 0 Å². The number of hydrogen-bond donors (Lipinski definition) is 1. The minimum Gasteiger partial charge on any atom is -0.350 e. The highest BCUT2D eigenvalue weighted by molar-refractivity contribution is 5.99. The zero-order chi connectivity index (χ0) is 22.7. The zero-order valence-electron chi connectivity index (χ0n) is 17.6. The Bertz CT molecular complexity index is 1010. The number of nitrogens with one attached hydrogen (secondary N) is 1. The molecule has 2 fully saturated rings. The number of amides is 3. The first-order chi connectivity index (χ1) is 15.5. The summed E-state index contributed by atoms with van der Waals surface area (Å²) in [6.45, 7) is 1.18. The Morgan fingerprint density at radius 2 is 1.56 bits per heavy atom. The molecule has 2 aromatic carbocycles. The lowest BCUT2D eigenvalue weighted by Gasteiger charge is -2.31. The summed E-state index contributed by atoms with van der Waals surface area (Å²) in [6, 6.07) is 11.2. The van der Waals surface area contributed by atoms with Gasteiger partial charge in [0, 0.05) is 25.2 Å². The fourth-order valence-corrected chi connectivity index (χ4v) is 4.46. The SMILES string of the molecule is O=C(NCc1ccccc1)[C@@H]1CCCN1C(=O)[C@H]1CCCN1C(=O)c1ccc(F)c(F)c1. The predicted octanol–water partition coefficient (Wildman–Crippen LogP) is 2.88. The van der Waals surface area contributed by atoms with E-state index in [1.807, 2.05) is 30.3 Å². The van der Waals surface area contributed by atoms with Crippen molar-refractivity contribution in [2.24, 2.45) is 0 Å². The molecule has 2 atom stereocenters. The molecule has 0 bridgehead atoms. The fourth-order valence-electron chi connectivity index (χ4n) is 4.46. The van der Waals surface area contributed by atoms with Gasteiger partial charge in [-0.05, 0) is 49.4 Å². The molecule has 0 aliphatic carbocycles. The molecule has 2 aliphatic heterocycles. The molecule has 2 aromatic rings. The van der Waals surface area contributed by atoms with Crippen LogP contribution in [0.5, 0.6) is 0 Å². The number of hydrogen-bond acceptors (Lipinski definition) is 3. The van der Waals surface area contributed by atoms with Crippen LogP contribution in [0.1, 0.15) is 41.6 Å². The normalized spacial score (nSPS) is 20.4. The van der Waals surface area contributed by atoms with Crippen LogP contribution in [0.15, 0.2) is 48.5 Å². The lowest BCUT2D eigenvalue weighted by Crippen LogP contribution is -2.52. The molecule has 3 amide bonds. The number of halogens is 2. The van der Waals surface area contributed by atoms with E-state index in [-0.39, 0.29) is 17.4 Å². The molecule has 0 unspecified atom stereocenters. The molecule has 2 saturated heterocycles. The van der Waals surface area contributed by atoms with Crippen LogP contribution in [-0.4, -0.2) is 52.7 Å². The average Bonchev–Trinajstić information content (AvgIpc) is 3.49. The third-order valence-electron chi connectivity index (χ3n) is 6.11. The van der Waals surface area contributed by atoms with E-state index in [0.29, 0.717) is 45.3 Å². The third-order valence-corrected chi connectivity index (χ3v) is 6.11. The Balaban J connectivity index is 1.44. The second-order valence-electron chi connectivity index (χ2n) is 8.18. The van der Waals surface area contributed by atoms with E-state index in [4.69, 9.17) is 0 Å². The molecule has 6 nitrogen and oxygen atoms in total. The first-order valence-corrected chi connectivity index (χ1v) is 10.8. The standard InChI is InChI=1S/C24H25F2N3O3/c25-18-11-10-17(14-19(18)26)23(31)29-13-5-9-21(29)24(32)28-12-4-8-20(28)22(30)27-15-16-6-2-1-3-7-16/h1-3,6-7,10-11,14,20-21H,4-5,8-9,12-13,15H2,(H,27,30)/t20-,21+/m0/s1. The molecule has 2 aliphatic rings. The largest absolute Gasteiger partial charge is 0.350 e. The Hall–Kier alpha value is -3.29. The van der Waals surface area contributed by atoms with Gasteiger partial charge in [0.1, 0.15) is 12.1 Å². The maximum Gasteiger partial charge on any atom is 0.254 e. The van der Waals surface area contributed by atoms with E-state index in [2.05, 4.69) is 5.32 Å². The van der Waals surface area contributed by atoms with Gasteiger partial charge in [-0.3, -0.25) is 14.4 Å². The summed E-state index contributed by atoms with van der Waals surface area (Å²) < 4.78 is 26.8. The van der Waals surface area contributed by atoms with Crippen LogP contribution in [-0.2, 0) is 16.1 Å². The number of likely N-dealkylation sites (tertiary alicyclic amines) is 2. The Morgan fingerprint density at radius 1 is 0.875 bits per heavy atom. The van der Waals surface area contributed by atoms with Crippen LogP contribution in [0.25, 0.3) is 0 Å². The van der Waals surface area contributed by atoms with Crippen molar-refractivity contribution in [1.29, 1.82) is 0 Å². The molecule has 2 heterocycles. The highest BCUT2D eigenvalue weighted by Crippen LogP contribution is 2.26. The molecule has 168 valence electrons. The number of rotatable bonds is 5. The molecule has 0 radical (unpaired) electrons. The number of carbonyl (C=O) groups is 3. The summed E-state index contributed by atoms with van der Waals surface area (Å²) >= 11 is 0. The maximum absolute atomic E-state index is 13.6. The Labute approximate surface area is 185 Å². The van der Waals surface area contributed by atoms with Crippen molar-refractivity contribution in [3.8, 4) is 0 Å². The topological polar surface area (TPSA) is 69.7 Å². The van der Waals surface area contributed by atoms with Gasteiger partial charge in [-0.1, -0.05) is 30.3 Å². The number of carbonyl (C=O) groups excluding carboxylic acids is 3. The smallest absolute Gasteiger partial charge is 0.254 e. The van der Waals surface area contributed by atoms with Crippen LogP contribution >= 0.6 is 0 Å². The van der Waals surface area contributed by atoms with E-state index in [0.717, 1.165) is 17.7 Å². The van der Waals surface area contributed by atoms with Crippen LogP contribution in [0.3, 0.4) is 0 Å². The van der Waals surface area contributed by atoms with Crippen LogP contribution in [0.2, 0.25) is 0 Å². The molecule has 1 N–H and O–H groups in total. The van der Waals surface area contributed by atoms with Crippen molar-refractivity contribution in [3.63, 3.8) is 0 Å². The molecular formula is C24H25F2N3O3. The molecule has 8 heteroatoms. The van der Waals surface area contributed by atoms with Gasteiger partial charge in [-0.2, -0.15) is 0 Å². The lowest BCUT2D eigenvalue weighted by molar-refractivity contribution is -0.141. The van der Waals surface area contributed by atoms with Crippen molar-refractivity contribution in [2.45, 2.75) is 44.3 Å². The highest BCUT2D eigenvalue weighted by atomic mass is 19.2. The second-order valence-corrected chi connectivity index (χ2v) is 8.18. The van der Waals surface area contributed by atoms with Gasteiger partial charge in [0.15, 0.2) is 11.6 Å². The summed E-state index contributed by atoms with van der Waals surface area (Å²) in [5.41, 5.74) is 0.970. The highest BCUT2D eigenvalue weighted by Gasteiger charge is 2.42. The molecule has 4 rings (SSSR count). The monoisotopic (exact) mass is 441 g/mol. The third kappa shape index (κ3) is 4.49. The van der Waals surface area contributed by atoms with Crippen molar-refractivity contribution in [2.75, 3.05) is 13.1 Å². The minimum absolute atomic E-state index is 0.00201. The Kier molecular flexibility index (Phi) is 6.48. The summed E-state index contributed by atoms with van der Waals surface area (Å²) in [6.07, 6.45) is 2.38. The van der Waals surface area contributed by atoms with Gasteiger partial charge in [-0.25, -0.2) is 8.78 Å². The zero-order valence-corrected chi connectivity index (χ0v) is 17.6. The second kappa shape index (κ2) is 9.46. The first-order valence-electron chi connectivity index (χ1n) is 10.8. The van der Waals surface area contributed by atoms with E-state index in [1.165, 1.54) is 11.0 Å². The molecule has 32 heavy (non-hydrogen) atoms. The first kappa shape index (κ1) is 21.9. The Morgan fingerprint density at radius 3 is 2.28 bits per heavy atom. The predicted molar refractivity (Wildman–Crippen MR) is 113 cm³/mol.